The highest BCUT2D eigenvalue weighted by Gasteiger charge is 2.25. The van der Waals surface area contributed by atoms with Crippen molar-refractivity contribution in [3.05, 3.63) is 102 Å². The molecule has 4 aromatic rings. The number of aromatic nitrogens is 2. The number of para-hydroxylation sites is 2. The molecule has 0 unspecified atom stereocenters. The average Bonchev–Trinajstić information content (AvgIpc) is 2.96. The Labute approximate surface area is 221 Å². The van der Waals surface area contributed by atoms with E-state index in [0.717, 1.165) is 41.2 Å². The first kappa shape index (κ1) is 25.2. The van der Waals surface area contributed by atoms with Gasteiger partial charge in [-0.25, -0.2) is 14.4 Å². The van der Waals surface area contributed by atoms with Crippen LogP contribution in [0.25, 0.3) is 11.4 Å². The number of carbonyl (C=O) groups is 1. The van der Waals surface area contributed by atoms with Crippen LogP contribution in [0.4, 0.5) is 15.9 Å². The van der Waals surface area contributed by atoms with Gasteiger partial charge >= 0.3 is 0 Å². The number of halogens is 1. The van der Waals surface area contributed by atoms with E-state index in [1.165, 1.54) is 12.1 Å². The topological polar surface area (TPSA) is 70.6 Å². The van der Waals surface area contributed by atoms with Crippen molar-refractivity contribution in [1.29, 1.82) is 0 Å². The number of hydrogen-bond acceptors (Lipinski definition) is 6. The number of amides is 1. The van der Waals surface area contributed by atoms with E-state index in [-0.39, 0.29) is 18.3 Å². The number of nitrogens with one attached hydrogen (secondary N) is 1. The lowest BCUT2D eigenvalue weighted by atomic mass is 10.1. The Kier molecular flexibility index (Phi) is 7.49. The van der Waals surface area contributed by atoms with Gasteiger partial charge < -0.3 is 19.9 Å². The van der Waals surface area contributed by atoms with E-state index < -0.39 is 0 Å². The van der Waals surface area contributed by atoms with Gasteiger partial charge in [0.2, 0.25) is 0 Å². The van der Waals surface area contributed by atoms with Crippen molar-refractivity contribution < 1.29 is 13.9 Å². The van der Waals surface area contributed by atoms with Crippen molar-refractivity contribution in [2.75, 3.05) is 43.1 Å². The Morgan fingerprint density at radius 2 is 1.71 bits per heavy atom. The fraction of sp³-hybridized carbons (Fsp3) is 0.233. The molecule has 5 rings (SSSR count). The zero-order chi connectivity index (χ0) is 26.5. The number of ether oxygens (including phenoxy) is 1. The minimum atomic E-state index is -0.310. The summed E-state index contributed by atoms with van der Waals surface area (Å²) >= 11 is 0. The first-order valence-corrected chi connectivity index (χ1v) is 12.6. The smallest absolute Gasteiger partial charge is 0.256 e. The molecule has 1 amide bonds. The van der Waals surface area contributed by atoms with Crippen LogP contribution in [0.15, 0.2) is 79.0 Å². The van der Waals surface area contributed by atoms with Crippen LogP contribution in [-0.4, -0.2) is 49.2 Å². The largest absolute Gasteiger partial charge is 0.495 e. The van der Waals surface area contributed by atoms with E-state index in [1.807, 2.05) is 49.4 Å². The van der Waals surface area contributed by atoms with Crippen molar-refractivity contribution in [2.45, 2.75) is 13.5 Å². The number of hydrogen-bond donors (Lipinski definition) is 1. The highest BCUT2D eigenvalue weighted by atomic mass is 19.1. The number of rotatable bonds is 7. The summed E-state index contributed by atoms with van der Waals surface area (Å²) < 4.78 is 18.8. The van der Waals surface area contributed by atoms with Gasteiger partial charge in [-0.3, -0.25) is 4.79 Å². The van der Waals surface area contributed by atoms with Crippen LogP contribution in [0.5, 0.6) is 5.75 Å². The maximum Gasteiger partial charge on any atom is 0.256 e. The van der Waals surface area contributed by atoms with Crippen LogP contribution in [0.1, 0.15) is 21.5 Å². The van der Waals surface area contributed by atoms with Crippen LogP contribution < -0.4 is 19.9 Å². The molecule has 8 heteroatoms. The minimum Gasteiger partial charge on any atom is -0.495 e. The first-order chi connectivity index (χ1) is 18.5. The van der Waals surface area contributed by atoms with Gasteiger partial charge in [0, 0.05) is 44.5 Å². The van der Waals surface area contributed by atoms with Gasteiger partial charge in [-0.1, -0.05) is 48.0 Å². The summed E-state index contributed by atoms with van der Waals surface area (Å²) in [5.74, 6) is 1.44. The fourth-order valence-electron chi connectivity index (χ4n) is 4.63. The van der Waals surface area contributed by atoms with E-state index in [4.69, 9.17) is 9.72 Å². The van der Waals surface area contributed by atoms with Gasteiger partial charge in [-0.15, -0.1) is 0 Å². The molecule has 0 bridgehead atoms. The molecule has 2 heterocycles. The normalized spacial score (nSPS) is 13.3. The molecule has 0 aliphatic carbocycles. The summed E-state index contributed by atoms with van der Waals surface area (Å²) in [5, 5.41) is 2.94. The molecule has 1 aliphatic heterocycles. The molecular formula is C30H30FN5O2. The third kappa shape index (κ3) is 5.59. The van der Waals surface area contributed by atoms with Crippen LogP contribution in [0, 0.1) is 12.7 Å². The second-order valence-electron chi connectivity index (χ2n) is 9.26. The second kappa shape index (κ2) is 11.3. The molecule has 1 N–H and O–H groups in total. The summed E-state index contributed by atoms with van der Waals surface area (Å²) in [5.41, 5.74) is 4.28. The lowest BCUT2D eigenvalue weighted by Gasteiger charge is -2.37. The number of anilines is 2. The minimum absolute atomic E-state index is 0.271. The number of piperazine rings is 1. The fourth-order valence-corrected chi connectivity index (χ4v) is 4.63. The molecule has 3 aromatic carbocycles. The molecule has 0 saturated carbocycles. The summed E-state index contributed by atoms with van der Waals surface area (Å²) in [6, 6.07) is 22.1. The van der Waals surface area contributed by atoms with Gasteiger partial charge in [0.1, 0.15) is 22.9 Å². The summed E-state index contributed by atoms with van der Waals surface area (Å²) in [4.78, 5) is 27.2. The van der Waals surface area contributed by atoms with Crippen molar-refractivity contribution in [1.82, 2.24) is 15.3 Å². The monoisotopic (exact) mass is 511 g/mol. The van der Waals surface area contributed by atoms with Gasteiger partial charge in [0.25, 0.3) is 5.91 Å². The Bertz CT molecular complexity index is 1420. The summed E-state index contributed by atoms with van der Waals surface area (Å²) in [7, 11) is 1.68. The van der Waals surface area contributed by atoms with Crippen molar-refractivity contribution >= 4 is 17.4 Å². The van der Waals surface area contributed by atoms with Gasteiger partial charge in [-0.05, 0) is 42.8 Å². The Balaban J connectivity index is 1.40. The zero-order valence-corrected chi connectivity index (χ0v) is 21.5. The third-order valence-corrected chi connectivity index (χ3v) is 6.66. The SMILES string of the molecule is COc1ccccc1N1CCN(c2nc(-c3cccc(C)c3)ncc2C(=O)NCc2ccc(F)cc2)CC1. The molecule has 38 heavy (non-hydrogen) atoms. The van der Waals surface area contributed by atoms with E-state index in [2.05, 4.69) is 26.2 Å². The number of nitrogens with zero attached hydrogens (tertiary/aromatic N) is 4. The van der Waals surface area contributed by atoms with E-state index >= 15 is 0 Å². The van der Waals surface area contributed by atoms with Crippen LogP contribution in [0.2, 0.25) is 0 Å². The molecule has 1 fully saturated rings. The Morgan fingerprint density at radius 1 is 0.974 bits per heavy atom. The number of benzene rings is 3. The van der Waals surface area contributed by atoms with Gasteiger partial charge in [-0.2, -0.15) is 0 Å². The third-order valence-electron chi connectivity index (χ3n) is 6.66. The average molecular weight is 512 g/mol. The van der Waals surface area contributed by atoms with Crippen molar-refractivity contribution in [2.24, 2.45) is 0 Å². The summed E-state index contributed by atoms with van der Waals surface area (Å²) in [6.45, 7) is 5.17. The number of aryl methyl sites for hydroxylation is 1. The number of methoxy groups -OCH3 is 1. The number of carbonyl (C=O) groups excluding carboxylic acids is 1. The Morgan fingerprint density at radius 3 is 2.45 bits per heavy atom. The van der Waals surface area contributed by atoms with Crippen molar-refractivity contribution in [3.8, 4) is 17.1 Å². The molecule has 1 saturated heterocycles. The highest BCUT2D eigenvalue weighted by molar-refractivity contribution is 5.99. The van der Waals surface area contributed by atoms with Crippen LogP contribution >= 0.6 is 0 Å². The second-order valence-corrected chi connectivity index (χ2v) is 9.26. The lowest BCUT2D eigenvalue weighted by Crippen LogP contribution is -2.47. The first-order valence-electron chi connectivity index (χ1n) is 12.6. The predicted octanol–water partition coefficient (Wildman–Crippen LogP) is 4.86. The maximum absolute atomic E-state index is 13.3. The molecular weight excluding hydrogens is 481 g/mol. The molecule has 0 atom stereocenters. The predicted molar refractivity (Wildman–Crippen MR) is 147 cm³/mol. The van der Waals surface area contributed by atoms with E-state index in [0.29, 0.717) is 30.3 Å². The highest BCUT2D eigenvalue weighted by Crippen LogP contribution is 2.30. The molecule has 0 spiro atoms. The van der Waals surface area contributed by atoms with Gasteiger partial charge in [0.05, 0.1) is 12.8 Å². The van der Waals surface area contributed by atoms with Crippen LogP contribution in [0.3, 0.4) is 0 Å². The molecule has 0 radical (unpaired) electrons. The van der Waals surface area contributed by atoms with Gasteiger partial charge in [0.15, 0.2) is 5.82 Å². The lowest BCUT2D eigenvalue weighted by molar-refractivity contribution is 0.0950. The van der Waals surface area contributed by atoms with Crippen LogP contribution in [-0.2, 0) is 6.54 Å². The Hall–Kier alpha value is -4.46. The maximum atomic E-state index is 13.3. The molecule has 1 aromatic heterocycles. The van der Waals surface area contributed by atoms with Crippen molar-refractivity contribution in [3.63, 3.8) is 0 Å². The standard InChI is InChI=1S/C30H30FN5O2/c1-21-6-5-7-23(18-21)28-32-20-25(30(37)33-19-22-10-12-24(31)13-11-22)29(34-28)36-16-14-35(15-17-36)26-8-3-4-9-27(26)38-2/h3-13,18,20H,14-17,19H2,1-2H3,(H,33,37). The molecule has 194 valence electrons. The zero-order valence-electron chi connectivity index (χ0n) is 21.5. The molecule has 7 nitrogen and oxygen atoms in total. The quantitative estimate of drug-likeness (QED) is 0.382. The van der Waals surface area contributed by atoms with E-state index in [9.17, 15) is 9.18 Å². The summed E-state index contributed by atoms with van der Waals surface area (Å²) in [6.07, 6.45) is 1.60. The van der Waals surface area contributed by atoms with E-state index in [1.54, 1.807) is 25.4 Å². The molecule has 1 aliphatic rings.